The van der Waals surface area contributed by atoms with Crippen molar-refractivity contribution in [1.82, 2.24) is 10.2 Å². The lowest BCUT2D eigenvalue weighted by molar-refractivity contribution is -0.139. The van der Waals surface area contributed by atoms with Gasteiger partial charge in [0.2, 0.25) is 11.8 Å². The summed E-state index contributed by atoms with van der Waals surface area (Å²) in [4.78, 5) is 28.1. The Morgan fingerprint density at radius 2 is 1.52 bits per heavy atom. The molecule has 0 aliphatic heterocycles. The molecule has 40 heavy (non-hydrogen) atoms. The van der Waals surface area contributed by atoms with Gasteiger partial charge in [-0.15, -0.1) is 0 Å². The number of anilines is 1. The first-order valence-corrected chi connectivity index (χ1v) is 14.9. The van der Waals surface area contributed by atoms with Crippen molar-refractivity contribution in [2.45, 2.75) is 44.3 Å². The molecule has 0 aromatic heterocycles. The number of hydrogen-bond donors (Lipinski definition) is 1. The third-order valence-corrected chi connectivity index (χ3v) is 8.74. The van der Waals surface area contributed by atoms with Crippen LogP contribution in [0, 0.1) is 0 Å². The molecular weight excluding hydrogens is 597 g/mol. The summed E-state index contributed by atoms with van der Waals surface area (Å²) in [6.45, 7) is 4.39. The molecule has 0 heterocycles. The fourth-order valence-corrected chi connectivity index (χ4v) is 5.98. The zero-order valence-corrected chi connectivity index (χ0v) is 25.5. The molecule has 1 atom stereocenters. The molecule has 12 heteroatoms. The highest BCUT2D eigenvalue weighted by molar-refractivity contribution is 7.92. The highest BCUT2D eigenvalue weighted by Crippen LogP contribution is 2.29. The van der Waals surface area contributed by atoms with Crippen LogP contribution in [0.2, 0.25) is 15.1 Å². The Hall–Kier alpha value is -2.98. The van der Waals surface area contributed by atoms with Gasteiger partial charge in [0.05, 0.1) is 17.7 Å². The number of amides is 2. The molecule has 3 aromatic rings. The van der Waals surface area contributed by atoms with Crippen molar-refractivity contribution < 1.29 is 22.7 Å². The van der Waals surface area contributed by atoms with E-state index in [1.807, 2.05) is 0 Å². The zero-order chi connectivity index (χ0) is 29.6. The molecule has 0 spiro atoms. The number of rotatable bonds is 11. The van der Waals surface area contributed by atoms with Gasteiger partial charge in [0, 0.05) is 33.2 Å². The van der Waals surface area contributed by atoms with Crippen LogP contribution in [0.3, 0.4) is 0 Å². The number of halogens is 3. The minimum absolute atomic E-state index is 0.0626. The number of hydrogen-bond acceptors (Lipinski definition) is 5. The van der Waals surface area contributed by atoms with Crippen LogP contribution in [-0.2, 0) is 26.2 Å². The van der Waals surface area contributed by atoms with Gasteiger partial charge in [0.25, 0.3) is 10.0 Å². The second-order valence-electron chi connectivity index (χ2n) is 9.23. The van der Waals surface area contributed by atoms with Gasteiger partial charge in [-0.1, -0.05) is 46.9 Å². The Labute approximate surface area is 249 Å². The first kappa shape index (κ1) is 31.5. The molecule has 0 unspecified atom stereocenters. The number of benzene rings is 3. The predicted octanol–water partition coefficient (Wildman–Crippen LogP) is 5.79. The van der Waals surface area contributed by atoms with E-state index in [0.29, 0.717) is 21.4 Å². The van der Waals surface area contributed by atoms with E-state index in [1.165, 1.54) is 48.4 Å². The number of ether oxygens (including phenoxy) is 1. The van der Waals surface area contributed by atoms with E-state index in [9.17, 15) is 18.0 Å². The van der Waals surface area contributed by atoms with Crippen LogP contribution in [-0.4, -0.2) is 50.9 Å². The van der Waals surface area contributed by atoms with Crippen LogP contribution in [0.4, 0.5) is 5.69 Å². The number of carbonyl (C=O) groups excluding carboxylic acids is 2. The number of nitrogens with zero attached hydrogens (tertiary/aromatic N) is 2. The molecule has 0 aliphatic rings. The summed E-state index contributed by atoms with van der Waals surface area (Å²) in [5.74, 6) is -0.601. The van der Waals surface area contributed by atoms with E-state index in [0.717, 1.165) is 4.31 Å². The van der Waals surface area contributed by atoms with E-state index in [2.05, 4.69) is 5.32 Å². The summed E-state index contributed by atoms with van der Waals surface area (Å²) in [7, 11) is -2.79. The van der Waals surface area contributed by atoms with Crippen molar-refractivity contribution in [3.63, 3.8) is 0 Å². The number of methoxy groups -OCH3 is 1. The van der Waals surface area contributed by atoms with Crippen molar-refractivity contribution in [2.24, 2.45) is 0 Å². The maximum absolute atomic E-state index is 13.9. The molecule has 0 saturated carbocycles. The summed E-state index contributed by atoms with van der Waals surface area (Å²) in [6.07, 6.45) is 0. The number of nitrogens with one attached hydrogen (secondary N) is 1. The van der Waals surface area contributed by atoms with Crippen molar-refractivity contribution in [1.29, 1.82) is 0 Å². The van der Waals surface area contributed by atoms with Crippen molar-refractivity contribution in [3.8, 4) is 5.75 Å². The molecular formula is C28H30Cl3N3O5S. The molecule has 0 radical (unpaired) electrons. The Balaban J connectivity index is 2.07. The standard InChI is InChI=1S/C28H30Cl3N3O5S/c1-18(2)32-28(36)19(3)33(16-24-25(30)9-6-10-26(24)31)27(35)17-34(21-8-5-7-20(29)15-21)40(37,38)23-13-11-22(39-4)12-14-23/h5-15,18-19H,16-17H2,1-4H3,(H,32,36)/t19-/m1/s1. The maximum atomic E-state index is 13.9. The maximum Gasteiger partial charge on any atom is 0.264 e. The number of sulfonamides is 1. The summed E-state index contributed by atoms with van der Waals surface area (Å²) < 4.78 is 33.8. The highest BCUT2D eigenvalue weighted by Gasteiger charge is 2.33. The average molecular weight is 627 g/mol. The normalized spacial score (nSPS) is 12.1. The minimum atomic E-state index is -4.26. The topological polar surface area (TPSA) is 96.0 Å². The fraction of sp³-hybridized carbons (Fsp3) is 0.286. The summed E-state index contributed by atoms with van der Waals surface area (Å²) in [5, 5.41) is 3.68. The quantitative estimate of drug-likeness (QED) is 0.291. The molecule has 1 N–H and O–H groups in total. The Kier molecular flexibility index (Phi) is 10.7. The van der Waals surface area contributed by atoms with Crippen molar-refractivity contribution >= 4 is 62.3 Å². The van der Waals surface area contributed by atoms with E-state index < -0.39 is 34.4 Å². The second-order valence-corrected chi connectivity index (χ2v) is 12.3. The van der Waals surface area contributed by atoms with Crippen LogP contribution >= 0.6 is 34.8 Å². The van der Waals surface area contributed by atoms with Crippen LogP contribution in [0.15, 0.2) is 71.6 Å². The Bertz CT molecular complexity index is 1450. The van der Waals surface area contributed by atoms with Gasteiger partial charge in [-0.25, -0.2) is 8.42 Å². The molecule has 3 rings (SSSR count). The molecule has 8 nitrogen and oxygen atoms in total. The van der Waals surface area contributed by atoms with Gasteiger partial charge in [0.1, 0.15) is 18.3 Å². The molecule has 0 saturated heterocycles. The minimum Gasteiger partial charge on any atom is -0.497 e. The van der Waals surface area contributed by atoms with E-state index in [1.54, 1.807) is 51.1 Å². The lowest BCUT2D eigenvalue weighted by atomic mass is 10.1. The van der Waals surface area contributed by atoms with Crippen LogP contribution in [0.1, 0.15) is 26.3 Å². The lowest BCUT2D eigenvalue weighted by Gasteiger charge is -2.32. The fourth-order valence-electron chi connectivity index (χ4n) is 3.88. The Morgan fingerprint density at radius 1 is 0.925 bits per heavy atom. The van der Waals surface area contributed by atoms with Crippen LogP contribution in [0.5, 0.6) is 5.75 Å². The SMILES string of the molecule is COc1ccc(S(=O)(=O)N(CC(=O)N(Cc2c(Cl)cccc2Cl)[C@H](C)C(=O)NC(C)C)c2cccc(Cl)c2)cc1. The van der Waals surface area contributed by atoms with E-state index >= 15 is 0 Å². The largest absolute Gasteiger partial charge is 0.497 e. The molecule has 0 bridgehead atoms. The third-order valence-electron chi connectivity index (χ3n) is 6.01. The van der Waals surface area contributed by atoms with E-state index in [-0.39, 0.29) is 28.2 Å². The van der Waals surface area contributed by atoms with Gasteiger partial charge in [-0.3, -0.25) is 13.9 Å². The summed E-state index contributed by atoms with van der Waals surface area (Å²) in [6, 6.07) is 15.7. The molecule has 2 amide bonds. The first-order chi connectivity index (χ1) is 18.8. The number of carbonyl (C=O) groups is 2. The van der Waals surface area contributed by atoms with Crippen molar-refractivity contribution in [2.75, 3.05) is 18.0 Å². The Morgan fingerprint density at radius 3 is 2.08 bits per heavy atom. The highest BCUT2D eigenvalue weighted by atomic mass is 35.5. The third kappa shape index (κ3) is 7.60. The van der Waals surface area contributed by atoms with Gasteiger partial charge in [-0.05, 0) is 75.4 Å². The van der Waals surface area contributed by atoms with Gasteiger partial charge in [0.15, 0.2) is 0 Å². The molecule has 0 aliphatic carbocycles. The van der Waals surface area contributed by atoms with Crippen LogP contribution in [0.25, 0.3) is 0 Å². The van der Waals surface area contributed by atoms with Gasteiger partial charge in [-0.2, -0.15) is 0 Å². The van der Waals surface area contributed by atoms with E-state index in [4.69, 9.17) is 39.5 Å². The summed E-state index contributed by atoms with van der Waals surface area (Å²) >= 11 is 19.0. The smallest absolute Gasteiger partial charge is 0.264 e. The first-order valence-electron chi connectivity index (χ1n) is 12.3. The average Bonchev–Trinajstić information content (AvgIpc) is 2.90. The van der Waals surface area contributed by atoms with Crippen LogP contribution < -0.4 is 14.4 Å². The van der Waals surface area contributed by atoms with Gasteiger partial charge < -0.3 is 15.0 Å². The molecule has 0 fully saturated rings. The predicted molar refractivity (Wildman–Crippen MR) is 159 cm³/mol. The second kappa shape index (κ2) is 13.6. The van der Waals surface area contributed by atoms with Gasteiger partial charge >= 0.3 is 0 Å². The lowest BCUT2D eigenvalue weighted by Crippen LogP contribution is -2.52. The molecule has 214 valence electrons. The van der Waals surface area contributed by atoms with Crippen molar-refractivity contribution in [3.05, 3.63) is 87.4 Å². The monoisotopic (exact) mass is 625 g/mol. The molecule has 3 aromatic carbocycles. The zero-order valence-electron chi connectivity index (χ0n) is 22.4. The summed E-state index contributed by atoms with van der Waals surface area (Å²) in [5.41, 5.74) is 0.599.